The Hall–Kier alpha value is -3.80. The molecule has 3 amide bonds. The quantitative estimate of drug-likeness (QED) is 0.477. The van der Waals surface area contributed by atoms with E-state index < -0.39 is 11.9 Å². The van der Waals surface area contributed by atoms with E-state index in [9.17, 15) is 9.59 Å². The average molecular weight is 471 g/mol. The number of imide groups is 1. The molecule has 3 aromatic rings. The van der Waals surface area contributed by atoms with E-state index >= 15 is 0 Å². The molecule has 4 rings (SSSR count). The van der Waals surface area contributed by atoms with E-state index in [2.05, 4.69) is 26.2 Å². The van der Waals surface area contributed by atoms with Crippen LogP contribution in [0.3, 0.4) is 0 Å². The first kappa shape index (κ1) is 22.4. The number of carbonyl (C=O) groups excluding carboxylic acids is 2. The van der Waals surface area contributed by atoms with Crippen molar-refractivity contribution >= 4 is 29.4 Å². The van der Waals surface area contributed by atoms with Gasteiger partial charge in [-0.2, -0.15) is 4.68 Å². The number of hydrogen-bond donors (Lipinski definition) is 2. The normalized spacial score (nSPS) is 12.2. The smallest absolute Gasteiger partial charge is 0.325 e. The van der Waals surface area contributed by atoms with E-state index in [1.165, 1.54) is 11.8 Å². The number of tetrazole rings is 1. The molecule has 2 N–H and O–H groups in total. The Balaban J connectivity index is 1.27. The highest BCUT2D eigenvalue weighted by molar-refractivity contribution is 7.99. The number of nitrogens with one attached hydrogen (secondary N) is 2. The van der Waals surface area contributed by atoms with E-state index in [0.29, 0.717) is 59.4 Å². The fourth-order valence-electron chi connectivity index (χ4n) is 3.04. The molecule has 172 valence electrons. The Morgan fingerprint density at radius 2 is 1.97 bits per heavy atom. The number of anilines is 1. The maximum atomic E-state index is 12.2. The minimum atomic E-state index is -0.628. The first-order valence-corrected chi connectivity index (χ1v) is 11.3. The van der Waals surface area contributed by atoms with Crippen LogP contribution in [-0.4, -0.2) is 57.7 Å². The lowest BCUT2D eigenvalue weighted by atomic mass is 10.2. The third-order valence-electron chi connectivity index (χ3n) is 4.45. The molecule has 0 fully saturated rings. The summed E-state index contributed by atoms with van der Waals surface area (Å²) >= 11 is 1.30. The summed E-state index contributed by atoms with van der Waals surface area (Å²) in [6.07, 6.45) is 0.0964. The van der Waals surface area contributed by atoms with Gasteiger partial charge in [-0.15, -0.1) is 5.10 Å². The zero-order valence-electron chi connectivity index (χ0n) is 17.8. The largest absolute Gasteiger partial charge is 0.492 e. The minimum absolute atomic E-state index is 0.0964. The summed E-state index contributed by atoms with van der Waals surface area (Å²) in [5.74, 6) is 1.77. The fraction of sp³-hybridized carbons (Fsp3) is 0.286. The van der Waals surface area contributed by atoms with Crippen molar-refractivity contribution in [3.8, 4) is 22.9 Å². The van der Waals surface area contributed by atoms with Crippen molar-refractivity contribution in [1.29, 1.82) is 0 Å². The van der Waals surface area contributed by atoms with Crippen LogP contribution in [-0.2, 0) is 4.79 Å². The second kappa shape index (κ2) is 10.7. The number of aromatic nitrogens is 4. The molecule has 0 saturated carbocycles. The Morgan fingerprint density at radius 3 is 2.82 bits per heavy atom. The van der Waals surface area contributed by atoms with Crippen LogP contribution in [0.4, 0.5) is 10.5 Å². The molecule has 0 radical (unpaired) electrons. The van der Waals surface area contributed by atoms with Crippen LogP contribution >= 0.6 is 11.8 Å². The van der Waals surface area contributed by atoms with Gasteiger partial charge in [0.1, 0.15) is 24.7 Å². The number of amides is 3. The number of carbonyl (C=O) groups is 2. The van der Waals surface area contributed by atoms with Gasteiger partial charge in [0.2, 0.25) is 11.1 Å². The predicted molar refractivity (Wildman–Crippen MR) is 120 cm³/mol. The van der Waals surface area contributed by atoms with Gasteiger partial charge in [-0.25, -0.2) is 4.79 Å². The summed E-state index contributed by atoms with van der Waals surface area (Å²) in [5.41, 5.74) is 1.20. The maximum Gasteiger partial charge on any atom is 0.325 e. The molecule has 0 atom stereocenters. The first-order valence-electron chi connectivity index (χ1n) is 10.3. The monoisotopic (exact) mass is 470 g/mol. The summed E-state index contributed by atoms with van der Waals surface area (Å²) in [5, 5.41) is 17.2. The number of thioether (sulfide) groups is 1. The van der Waals surface area contributed by atoms with E-state index in [4.69, 9.17) is 14.2 Å². The number of para-hydroxylation sites is 2. The van der Waals surface area contributed by atoms with Gasteiger partial charge < -0.3 is 19.5 Å². The first-order chi connectivity index (χ1) is 16.1. The second-order valence-corrected chi connectivity index (χ2v) is 7.80. The summed E-state index contributed by atoms with van der Waals surface area (Å²) in [7, 11) is 0. The van der Waals surface area contributed by atoms with Crippen molar-refractivity contribution in [2.75, 3.05) is 30.9 Å². The molecule has 0 spiro atoms. The van der Waals surface area contributed by atoms with Gasteiger partial charge in [0.25, 0.3) is 0 Å². The Bertz CT molecular complexity index is 1140. The highest BCUT2D eigenvalue weighted by Crippen LogP contribution is 2.32. The molecule has 1 aliphatic heterocycles. The van der Waals surface area contributed by atoms with Crippen molar-refractivity contribution in [1.82, 2.24) is 25.5 Å². The zero-order valence-corrected chi connectivity index (χ0v) is 18.6. The van der Waals surface area contributed by atoms with Crippen molar-refractivity contribution < 1.29 is 23.8 Å². The molecule has 33 heavy (non-hydrogen) atoms. The fourth-order valence-corrected chi connectivity index (χ4v) is 3.86. The van der Waals surface area contributed by atoms with Crippen LogP contribution in [0.25, 0.3) is 5.69 Å². The van der Waals surface area contributed by atoms with Gasteiger partial charge in [0.05, 0.1) is 6.61 Å². The Kier molecular flexibility index (Phi) is 7.25. The van der Waals surface area contributed by atoms with Crippen LogP contribution < -0.4 is 24.8 Å². The molecular formula is C21H22N6O5S. The van der Waals surface area contributed by atoms with Gasteiger partial charge >= 0.3 is 6.03 Å². The second-order valence-electron chi connectivity index (χ2n) is 6.73. The Morgan fingerprint density at radius 1 is 1.15 bits per heavy atom. The molecule has 1 aromatic heterocycles. The molecule has 12 heteroatoms. The van der Waals surface area contributed by atoms with Crippen molar-refractivity contribution in [2.24, 2.45) is 0 Å². The highest BCUT2D eigenvalue weighted by atomic mass is 32.2. The predicted octanol–water partition coefficient (Wildman–Crippen LogP) is 2.66. The van der Waals surface area contributed by atoms with Crippen LogP contribution in [0.15, 0.2) is 47.6 Å². The average Bonchev–Trinajstić information content (AvgIpc) is 3.28. The number of urea groups is 1. The van der Waals surface area contributed by atoms with E-state index in [1.54, 1.807) is 22.9 Å². The topological polar surface area (TPSA) is 129 Å². The molecule has 1 aliphatic rings. The molecular weight excluding hydrogens is 448 g/mol. The van der Waals surface area contributed by atoms with Crippen LogP contribution in [0.1, 0.15) is 13.3 Å². The number of ether oxygens (including phenoxy) is 3. The third-order valence-corrected chi connectivity index (χ3v) is 5.37. The van der Waals surface area contributed by atoms with E-state index in [0.717, 1.165) is 0 Å². The molecule has 2 aromatic carbocycles. The number of benzene rings is 2. The lowest BCUT2D eigenvalue weighted by Crippen LogP contribution is -2.34. The summed E-state index contributed by atoms with van der Waals surface area (Å²) < 4.78 is 18.1. The molecule has 2 heterocycles. The van der Waals surface area contributed by atoms with Gasteiger partial charge in [0, 0.05) is 23.9 Å². The van der Waals surface area contributed by atoms with E-state index in [-0.39, 0.29) is 6.42 Å². The number of hydrogen-bond acceptors (Lipinski definition) is 9. The van der Waals surface area contributed by atoms with Gasteiger partial charge in [-0.1, -0.05) is 23.9 Å². The lowest BCUT2D eigenvalue weighted by molar-refractivity contribution is -0.119. The standard InChI is InChI=1S/C21H22N6O5S/c1-2-30-16-6-4-3-5-15(16)27-21(24-25-26-27)33-12-9-19(28)23-20(29)22-14-7-8-17-18(13-14)32-11-10-31-17/h3-8,13H,2,9-12H2,1H3,(H2,22,23,28,29). The van der Waals surface area contributed by atoms with Crippen LogP contribution in [0.5, 0.6) is 17.2 Å². The maximum absolute atomic E-state index is 12.2. The van der Waals surface area contributed by atoms with Crippen LogP contribution in [0.2, 0.25) is 0 Å². The minimum Gasteiger partial charge on any atom is -0.492 e. The molecule has 0 unspecified atom stereocenters. The zero-order chi connectivity index (χ0) is 23.0. The number of rotatable bonds is 8. The van der Waals surface area contributed by atoms with Gasteiger partial charge in [-0.05, 0) is 41.6 Å². The summed E-state index contributed by atoms with van der Waals surface area (Å²) in [6, 6.07) is 11.8. The van der Waals surface area contributed by atoms with Crippen molar-refractivity contribution in [3.63, 3.8) is 0 Å². The molecule has 0 aliphatic carbocycles. The summed E-state index contributed by atoms with van der Waals surface area (Å²) in [4.78, 5) is 24.3. The lowest BCUT2D eigenvalue weighted by Gasteiger charge is -2.19. The summed E-state index contributed by atoms with van der Waals surface area (Å²) in [6.45, 7) is 3.34. The Labute approximate surface area is 193 Å². The number of nitrogens with zero attached hydrogens (tertiary/aromatic N) is 4. The number of fused-ring (bicyclic) bond motifs is 1. The van der Waals surface area contributed by atoms with Gasteiger partial charge in [-0.3, -0.25) is 10.1 Å². The SMILES string of the molecule is CCOc1ccccc1-n1nnnc1SCCC(=O)NC(=O)Nc1ccc2c(c1)OCCO2. The van der Waals surface area contributed by atoms with Crippen LogP contribution in [0, 0.1) is 0 Å². The molecule has 11 nitrogen and oxygen atoms in total. The van der Waals surface area contributed by atoms with Crippen molar-refractivity contribution in [2.45, 2.75) is 18.5 Å². The van der Waals surface area contributed by atoms with Crippen molar-refractivity contribution in [3.05, 3.63) is 42.5 Å². The highest BCUT2D eigenvalue weighted by Gasteiger charge is 2.16. The molecule has 0 saturated heterocycles. The molecule has 0 bridgehead atoms. The van der Waals surface area contributed by atoms with E-state index in [1.807, 2.05) is 31.2 Å². The third kappa shape index (κ3) is 5.71. The van der Waals surface area contributed by atoms with Gasteiger partial charge in [0.15, 0.2) is 11.5 Å².